The number of benzene rings is 1. The van der Waals surface area contributed by atoms with Crippen molar-refractivity contribution in [3.8, 4) is 0 Å². The van der Waals surface area contributed by atoms with Crippen LogP contribution in [-0.4, -0.2) is 6.54 Å². The number of nitrogens with one attached hydrogen (secondary N) is 1. The highest BCUT2D eigenvalue weighted by Crippen LogP contribution is 2.34. The van der Waals surface area contributed by atoms with Crippen LogP contribution in [0.2, 0.25) is 0 Å². The molecule has 0 atom stereocenters. The molecule has 0 spiro atoms. The molecule has 0 saturated heterocycles. The van der Waals surface area contributed by atoms with Gasteiger partial charge in [-0.2, -0.15) is 24.5 Å². The lowest BCUT2D eigenvalue weighted by atomic mass is 10.1. The van der Waals surface area contributed by atoms with Gasteiger partial charge in [0.15, 0.2) is 0 Å². The van der Waals surface area contributed by atoms with Gasteiger partial charge in [-0.05, 0) is 40.9 Å². The molecule has 0 bridgehead atoms. The molecular weight excluding hydrogens is 259 g/mol. The molecule has 1 aromatic carbocycles. The quantitative estimate of drug-likeness (QED) is 0.868. The van der Waals surface area contributed by atoms with Crippen LogP contribution in [0.4, 0.5) is 18.9 Å². The number of alkyl halides is 3. The summed E-state index contributed by atoms with van der Waals surface area (Å²) in [5.74, 6) is 0. The van der Waals surface area contributed by atoms with Gasteiger partial charge in [0.1, 0.15) is 0 Å². The third kappa shape index (κ3) is 3.26. The number of rotatable bonds is 4. The molecule has 0 amide bonds. The molecule has 96 valence electrons. The van der Waals surface area contributed by atoms with Gasteiger partial charge < -0.3 is 5.32 Å². The fraction of sp³-hybridized carbons (Fsp3) is 0.231. The molecule has 0 aliphatic heterocycles. The first-order valence-electron chi connectivity index (χ1n) is 5.48. The zero-order valence-electron chi connectivity index (χ0n) is 9.50. The van der Waals surface area contributed by atoms with E-state index in [1.807, 2.05) is 16.8 Å². The molecule has 0 aliphatic rings. The molecule has 2 aromatic rings. The fourth-order valence-corrected chi connectivity index (χ4v) is 2.36. The zero-order valence-corrected chi connectivity index (χ0v) is 10.3. The minimum Gasteiger partial charge on any atom is -0.384 e. The second-order valence-electron chi connectivity index (χ2n) is 3.85. The van der Waals surface area contributed by atoms with E-state index >= 15 is 0 Å². The van der Waals surface area contributed by atoms with E-state index in [9.17, 15) is 13.2 Å². The Labute approximate surface area is 107 Å². The van der Waals surface area contributed by atoms with Gasteiger partial charge in [-0.15, -0.1) is 0 Å². The highest BCUT2D eigenvalue weighted by molar-refractivity contribution is 7.07. The van der Waals surface area contributed by atoms with E-state index in [-0.39, 0.29) is 5.69 Å². The Bertz CT molecular complexity index is 491. The summed E-state index contributed by atoms with van der Waals surface area (Å²) in [6.07, 6.45) is -3.60. The molecule has 0 saturated carbocycles. The lowest BCUT2D eigenvalue weighted by Gasteiger charge is -2.13. The van der Waals surface area contributed by atoms with E-state index < -0.39 is 11.7 Å². The molecule has 2 rings (SSSR count). The van der Waals surface area contributed by atoms with Crippen molar-refractivity contribution in [2.24, 2.45) is 0 Å². The molecule has 1 heterocycles. The van der Waals surface area contributed by atoms with E-state index in [1.165, 1.54) is 12.1 Å². The van der Waals surface area contributed by atoms with Crippen molar-refractivity contribution >= 4 is 17.0 Å². The van der Waals surface area contributed by atoms with Crippen molar-refractivity contribution < 1.29 is 13.2 Å². The van der Waals surface area contributed by atoms with Crippen LogP contribution in [0.25, 0.3) is 0 Å². The van der Waals surface area contributed by atoms with Gasteiger partial charge in [-0.1, -0.05) is 12.1 Å². The molecular formula is C13H12F3NS. The minimum atomic E-state index is -4.31. The maximum atomic E-state index is 12.7. The Kier molecular flexibility index (Phi) is 3.91. The van der Waals surface area contributed by atoms with Crippen LogP contribution < -0.4 is 5.32 Å². The minimum absolute atomic E-state index is 0.139. The third-order valence-electron chi connectivity index (χ3n) is 2.54. The Balaban J connectivity index is 2.01. The van der Waals surface area contributed by atoms with Crippen molar-refractivity contribution in [3.05, 3.63) is 52.2 Å². The van der Waals surface area contributed by atoms with E-state index in [2.05, 4.69) is 5.32 Å². The van der Waals surface area contributed by atoms with Gasteiger partial charge in [0, 0.05) is 12.2 Å². The maximum Gasteiger partial charge on any atom is 0.418 e. The van der Waals surface area contributed by atoms with Gasteiger partial charge in [0.25, 0.3) is 0 Å². The number of para-hydroxylation sites is 1. The summed E-state index contributed by atoms with van der Waals surface area (Å²) in [4.78, 5) is 0. The summed E-state index contributed by atoms with van der Waals surface area (Å²) in [6.45, 7) is 0.490. The van der Waals surface area contributed by atoms with Crippen molar-refractivity contribution in [2.75, 3.05) is 11.9 Å². The van der Waals surface area contributed by atoms with Crippen LogP contribution in [-0.2, 0) is 12.6 Å². The first-order chi connectivity index (χ1) is 8.57. The number of hydrogen-bond acceptors (Lipinski definition) is 2. The molecule has 0 aliphatic carbocycles. The highest BCUT2D eigenvalue weighted by atomic mass is 32.1. The van der Waals surface area contributed by atoms with Crippen molar-refractivity contribution in [1.82, 2.24) is 0 Å². The molecule has 1 N–H and O–H groups in total. The predicted octanol–water partition coefficient (Wildman–Crippen LogP) is 4.42. The summed E-state index contributed by atoms with van der Waals surface area (Å²) >= 11 is 1.59. The Morgan fingerprint density at radius 1 is 1.11 bits per heavy atom. The summed E-state index contributed by atoms with van der Waals surface area (Å²) in [6, 6.07) is 7.51. The third-order valence-corrected chi connectivity index (χ3v) is 3.27. The first kappa shape index (κ1) is 13.0. The summed E-state index contributed by atoms with van der Waals surface area (Å²) < 4.78 is 38.1. The van der Waals surface area contributed by atoms with Gasteiger partial charge >= 0.3 is 6.18 Å². The summed E-state index contributed by atoms with van der Waals surface area (Å²) in [5.41, 5.74) is 0.660. The average molecular weight is 271 g/mol. The van der Waals surface area contributed by atoms with Crippen LogP contribution in [0.15, 0.2) is 41.1 Å². The summed E-state index contributed by atoms with van der Waals surface area (Å²) in [5, 5.41) is 6.80. The monoisotopic (exact) mass is 271 g/mol. The summed E-state index contributed by atoms with van der Waals surface area (Å²) in [7, 11) is 0. The van der Waals surface area contributed by atoms with E-state index in [0.717, 1.165) is 18.1 Å². The van der Waals surface area contributed by atoms with E-state index in [1.54, 1.807) is 17.4 Å². The van der Waals surface area contributed by atoms with Crippen molar-refractivity contribution in [2.45, 2.75) is 12.6 Å². The number of halogens is 3. The van der Waals surface area contributed by atoms with Gasteiger partial charge in [-0.25, -0.2) is 0 Å². The van der Waals surface area contributed by atoms with Gasteiger partial charge in [-0.3, -0.25) is 0 Å². The number of anilines is 1. The first-order valence-corrected chi connectivity index (χ1v) is 6.43. The van der Waals surface area contributed by atoms with Gasteiger partial charge in [0.05, 0.1) is 5.56 Å². The van der Waals surface area contributed by atoms with E-state index in [0.29, 0.717) is 6.54 Å². The molecule has 18 heavy (non-hydrogen) atoms. The van der Waals surface area contributed by atoms with Crippen LogP contribution in [0, 0.1) is 0 Å². The number of thiophene rings is 1. The maximum absolute atomic E-state index is 12.7. The highest BCUT2D eigenvalue weighted by Gasteiger charge is 2.32. The number of hydrogen-bond donors (Lipinski definition) is 1. The second-order valence-corrected chi connectivity index (χ2v) is 4.63. The Hall–Kier alpha value is -1.49. The second kappa shape index (κ2) is 5.44. The standard InChI is InChI=1S/C13H12F3NS/c14-13(15,16)11-3-1-2-4-12(11)17-7-5-10-6-8-18-9-10/h1-4,6,8-9,17H,5,7H2. The predicted molar refractivity (Wildman–Crippen MR) is 68.0 cm³/mol. The Morgan fingerprint density at radius 2 is 1.89 bits per heavy atom. The molecule has 0 unspecified atom stereocenters. The lowest BCUT2D eigenvalue weighted by Crippen LogP contribution is -2.12. The van der Waals surface area contributed by atoms with Crippen LogP contribution in [0.5, 0.6) is 0 Å². The van der Waals surface area contributed by atoms with Crippen LogP contribution in [0.3, 0.4) is 0 Å². The van der Waals surface area contributed by atoms with Crippen LogP contribution in [0.1, 0.15) is 11.1 Å². The van der Waals surface area contributed by atoms with Crippen molar-refractivity contribution in [3.63, 3.8) is 0 Å². The van der Waals surface area contributed by atoms with Crippen LogP contribution >= 0.6 is 11.3 Å². The molecule has 1 nitrogen and oxygen atoms in total. The SMILES string of the molecule is FC(F)(F)c1ccccc1NCCc1ccsc1. The smallest absolute Gasteiger partial charge is 0.384 e. The zero-order chi connectivity index (χ0) is 13.0. The Morgan fingerprint density at radius 3 is 2.56 bits per heavy atom. The molecule has 5 heteroatoms. The normalized spacial score (nSPS) is 11.5. The topological polar surface area (TPSA) is 12.0 Å². The average Bonchev–Trinajstić information content (AvgIpc) is 2.81. The molecule has 1 aromatic heterocycles. The van der Waals surface area contributed by atoms with Crippen molar-refractivity contribution in [1.29, 1.82) is 0 Å². The largest absolute Gasteiger partial charge is 0.418 e. The van der Waals surface area contributed by atoms with E-state index in [4.69, 9.17) is 0 Å². The molecule has 0 radical (unpaired) electrons. The lowest BCUT2D eigenvalue weighted by molar-refractivity contribution is -0.136. The van der Waals surface area contributed by atoms with Gasteiger partial charge in [0.2, 0.25) is 0 Å². The fourth-order valence-electron chi connectivity index (χ4n) is 1.66. The molecule has 0 fully saturated rings.